The summed E-state index contributed by atoms with van der Waals surface area (Å²) in [6.45, 7) is 6.89. The molecule has 130 valence electrons. The van der Waals surface area contributed by atoms with Gasteiger partial charge in [0.2, 0.25) is 0 Å². The third-order valence-corrected chi connectivity index (χ3v) is 3.01. The largest absolute Gasteiger partial charge is 0.392 e. The number of hydrogen-bond acceptors (Lipinski definition) is 5. The van der Waals surface area contributed by atoms with Crippen molar-refractivity contribution in [3.63, 3.8) is 0 Å². The zero-order valence-electron chi connectivity index (χ0n) is 13.5. The predicted octanol–water partition coefficient (Wildman–Crippen LogP) is 3.38. The summed E-state index contributed by atoms with van der Waals surface area (Å²) in [5.41, 5.74) is 1.80. The summed E-state index contributed by atoms with van der Waals surface area (Å²) in [4.78, 5) is 0. The van der Waals surface area contributed by atoms with Gasteiger partial charge in [-0.3, -0.25) is 4.52 Å². The lowest BCUT2D eigenvalue weighted by atomic mass is 10.00. The van der Waals surface area contributed by atoms with Gasteiger partial charge in [0.1, 0.15) is 0 Å². The molecular formula is C18H23O5P. The molecule has 0 aliphatic heterocycles. The average Bonchev–Trinajstić information content (AvgIpc) is 2.66. The second-order valence-corrected chi connectivity index (χ2v) is 4.79. The lowest BCUT2D eigenvalue weighted by Crippen LogP contribution is -1.92. The topological polar surface area (TPSA) is 87.0 Å². The van der Waals surface area contributed by atoms with Crippen LogP contribution < -0.4 is 0 Å². The van der Waals surface area contributed by atoms with Gasteiger partial charge in [-0.25, -0.2) is 4.57 Å². The second kappa shape index (κ2) is 14.7. The van der Waals surface area contributed by atoms with Crippen LogP contribution in [0, 0.1) is 0 Å². The van der Waals surface area contributed by atoms with E-state index in [4.69, 9.17) is 14.7 Å². The Bertz CT molecular complexity index is 615. The van der Waals surface area contributed by atoms with Crippen LogP contribution in [0.25, 0.3) is 10.8 Å². The number of rotatable bonds is 6. The molecule has 0 heterocycles. The first kappa shape index (κ1) is 22.1. The second-order valence-electron chi connectivity index (χ2n) is 4.38. The fourth-order valence-electron chi connectivity index (χ4n) is 1.85. The molecule has 0 atom stereocenters. The van der Waals surface area contributed by atoms with E-state index in [9.17, 15) is 9.67 Å². The summed E-state index contributed by atoms with van der Waals surface area (Å²) in [6, 6.07) is 11.6. The molecule has 0 unspecified atom stereocenters. The number of benzene rings is 2. The standard InChI is InChI=1S/C12H11O3P.2C3H6O/c13-7-10-5-1-3-9-4-2-6-11(12(9)10)8-15-16-14;2*1-2-3-4/h1-6,13H,7-8H2;2*2,4H,1,3H2. The van der Waals surface area contributed by atoms with Gasteiger partial charge in [-0.05, 0) is 21.9 Å². The molecule has 0 saturated heterocycles. The molecule has 3 N–H and O–H groups in total. The maximum absolute atomic E-state index is 10.3. The summed E-state index contributed by atoms with van der Waals surface area (Å²) in [5.74, 6) is 0. The Morgan fingerprint density at radius 1 is 0.958 bits per heavy atom. The quantitative estimate of drug-likeness (QED) is 0.549. The monoisotopic (exact) mass is 350 g/mol. The number of aliphatic hydroxyl groups is 3. The summed E-state index contributed by atoms with van der Waals surface area (Å²) in [6.07, 6.45) is 2.86. The van der Waals surface area contributed by atoms with Gasteiger partial charge in [0.05, 0.1) is 26.4 Å². The first-order valence-electron chi connectivity index (χ1n) is 7.18. The van der Waals surface area contributed by atoms with Crippen LogP contribution in [0.2, 0.25) is 0 Å². The lowest BCUT2D eigenvalue weighted by molar-refractivity contribution is 0.283. The van der Waals surface area contributed by atoms with Crippen LogP contribution in [0.3, 0.4) is 0 Å². The van der Waals surface area contributed by atoms with E-state index in [0.717, 1.165) is 21.9 Å². The van der Waals surface area contributed by atoms with Gasteiger partial charge in [-0.2, -0.15) is 0 Å². The summed E-state index contributed by atoms with van der Waals surface area (Å²) >= 11 is 0. The van der Waals surface area contributed by atoms with Crippen molar-refractivity contribution in [2.45, 2.75) is 13.2 Å². The van der Waals surface area contributed by atoms with Crippen LogP contribution in [-0.4, -0.2) is 28.5 Å². The molecule has 0 aliphatic carbocycles. The van der Waals surface area contributed by atoms with Crippen molar-refractivity contribution >= 4 is 19.5 Å². The van der Waals surface area contributed by atoms with Gasteiger partial charge in [0.15, 0.2) is 0 Å². The van der Waals surface area contributed by atoms with Crippen molar-refractivity contribution < 1.29 is 24.4 Å². The van der Waals surface area contributed by atoms with E-state index < -0.39 is 0 Å². The molecule has 0 amide bonds. The van der Waals surface area contributed by atoms with E-state index >= 15 is 0 Å². The Morgan fingerprint density at radius 3 is 1.88 bits per heavy atom. The molecule has 0 spiro atoms. The third kappa shape index (κ3) is 8.11. The molecule has 0 fully saturated rings. The average molecular weight is 350 g/mol. The molecule has 0 aromatic heterocycles. The predicted molar refractivity (Wildman–Crippen MR) is 96.8 cm³/mol. The molecule has 24 heavy (non-hydrogen) atoms. The van der Waals surface area contributed by atoms with E-state index in [0.29, 0.717) is 0 Å². The van der Waals surface area contributed by atoms with Gasteiger partial charge in [-0.1, -0.05) is 48.6 Å². The number of aliphatic hydroxyl groups excluding tert-OH is 3. The van der Waals surface area contributed by atoms with Crippen LogP contribution in [0.4, 0.5) is 0 Å². The molecule has 0 aliphatic rings. The highest BCUT2D eigenvalue weighted by atomic mass is 31.1. The first-order chi connectivity index (χ1) is 11.7. The zero-order valence-corrected chi connectivity index (χ0v) is 14.4. The van der Waals surface area contributed by atoms with E-state index in [2.05, 4.69) is 13.2 Å². The van der Waals surface area contributed by atoms with Crippen LogP contribution in [0.5, 0.6) is 0 Å². The molecular weight excluding hydrogens is 327 g/mol. The molecule has 2 aromatic rings. The molecule has 2 aromatic carbocycles. The van der Waals surface area contributed by atoms with E-state index in [1.807, 2.05) is 36.4 Å². The highest BCUT2D eigenvalue weighted by Crippen LogP contribution is 2.24. The smallest absolute Gasteiger partial charge is 0.327 e. The molecule has 6 heteroatoms. The molecule has 0 radical (unpaired) electrons. The van der Waals surface area contributed by atoms with Crippen LogP contribution in [0.15, 0.2) is 61.7 Å². The summed E-state index contributed by atoms with van der Waals surface area (Å²) in [7, 11) is -0.327. The van der Waals surface area contributed by atoms with Crippen molar-refractivity contribution in [1.82, 2.24) is 0 Å². The Hall–Kier alpha value is -1.88. The van der Waals surface area contributed by atoms with E-state index in [1.54, 1.807) is 0 Å². The van der Waals surface area contributed by atoms with Crippen LogP contribution in [-0.2, 0) is 22.3 Å². The van der Waals surface area contributed by atoms with E-state index in [1.165, 1.54) is 12.2 Å². The van der Waals surface area contributed by atoms with Gasteiger partial charge in [0.25, 0.3) is 0 Å². The van der Waals surface area contributed by atoms with Gasteiger partial charge in [-0.15, -0.1) is 13.2 Å². The Kier molecular flexibility index (Phi) is 13.5. The van der Waals surface area contributed by atoms with Gasteiger partial charge in [0, 0.05) is 0 Å². The number of hydrogen-bond donors (Lipinski definition) is 3. The maximum Gasteiger partial charge on any atom is 0.327 e. The minimum absolute atomic E-state index is 0.0105. The molecule has 5 nitrogen and oxygen atoms in total. The normalized spacial score (nSPS) is 9.46. The summed E-state index contributed by atoms with van der Waals surface area (Å²) < 4.78 is 15.2. The molecule has 2 rings (SSSR count). The van der Waals surface area contributed by atoms with Crippen molar-refractivity contribution in [2.75, 3.05) is 13.2 Å². The van der Waals surface area contributed by atoms with Crippen molar-refractivity contribution in [3.05, 3.63) is 72.8 Å². The minimum Gasteiger partial charge on any atom is -0.392 e. The maximum atomic E-state index is 10.3. The Labute approximate surface area is 143 Å². The van der Waals surface area contributed by atoms with Crippen LogP contribution >= 0.6 is 8.69 Å². The van der Waals surface area contributed by atoms with Gasteiger partial charge < -0.3 is 15.3 Å². The molecule has 0 bridgehead atoms. The highest BCUT2D eigenvalue weighted by Gasteiger charge is 2.05. The third-order valence-electron chi connectivity index (χ3n) is 2.78. The zero-order chi connectivity index (χ0) is 18.2. The lowest BCUT2D eigenvalue weighted by Gasteiger charge is -2.08. The Balaban J connectivity index is 0.000000558. The highest BCUT2D eigenvalue weighted by molar-refractivity contribution is 7.17. The van der Waals surface area contributed by atoms with Crippen LogP contribution in [0.1, 0.15) is 11.1 Å². The fourth-order valence-corrected chi connectivity index (χ4v) is 2.04. The minimum atomic E-state index is -0.327. The van der Waals surface area contributed by atoms with E-state index in [-0.39, 0.29) is 35.1 Å². The SMILES string of the molecule is C=CCO.C=CCO.O=POCc1cccc2cccc(CO)c12. The van der Waals surface area contributed by atoms with Gasteiger partial charge >= 0.3 is 8.69 Å². The van der Waals surface area contributed by atoms with Crippen molar-refractivity contribution in [2.24, 2.45) is 0 Å². The molecule has 0 saturated carbocycles. The van der Waals surface area contributed by atoms with Crippen molar-refractivity contribution in [1.29, 1.82) is 0 Å². The van der Waals surface area contributed by atoms with Crippen molar-refractivity contribution in [3.8, 4) is 0 Å². The fraction of sp³-hybridized carbons (Fsp3) is 0.222. The number of fused-ring (bicyclic) bond motifs is 1. The first-order valence-corrected chi connectivity index (χ1v) is 7.91. The summed E-state index contributed by atoms with van der Waals surface area (Å²) in [5, 5.41) is 26.8. The Morgan fingerprint density at radius 2 is 1.46 bits per heavy atom.